The van der Waals surface area contributed by atoms with Crippen LogP contribution in [0.5, 0.6) is 0 Å². The van der Waals surface area contributed by atoms with E-state index in [9.17, 15) is 18.5 Å². The van der Waals surface area contributed by atoms with Crippen molar-refractivity contribution in [2.75, 3.05) is 18.5 Å². The summed E-state index contributed by atoms with van der Waals surface area (Å²) in [7, 11) is -3.74. The van der Waals surface area contributed by atoms with Crippen LogP contribution >= 0.6 is 11.3 Å². The first-order valence-electron chi connectivity index (χ1n) is 8.88. The van der Waals surface area contributed by atoms with Crippen LogP contribution in [0.4, 0.5) is 11.4 Å². The molecule has 1 N–H and O–H groups in total. The zero-order chi connectivity index (χ0) is 20.6. The van der Waals surface area contributed by atoms with Crippen LogP contribution in [-0.2, 0) is 10.0 Å². The van der Waals surface area contributed by atoms with E-state index < -0.39 is 14.9 Å². The molecule has 3 aromatic rings. The van der Waals surface area contributed by atoms with E-state index in [1.165, 1.54) is 34.0 Å². The van der Waals surface area contributed by atoms with Crippen molar-refractivity contribution in [1.29, 1.82) is 0 Å². The number of benzene rings is 1. The molecular weight excluding hydrogens is 416 g/mol. The smallest absolute Gasteiger partial charge is 0.289 e. The molecule has 12 heteroatoms. The number of rotatable bonds is 6. The van der Waals surface area contributed by atoms with Crippen LogP contribution in [0.3, 0.4) is 0 Å². The highest BCUT2D eigenvalue weighted by Gasteiger charge is 2.29. The molecule has 0 aliphatic carbocycles. The summed E-state index contributed by atoms with van der Waals surface area (Å²) < 4.78 is 28.6. The Labute approximate surface area is 170 Å². The van der Waals surface area contributed by atoms with Gasteiger partial charge >= 0.3 is 0 Å². The normalized spacial score (nSPS) is 15.5. The molecule has 0 bridgehead atoms. The number of hydrazone groups is 1. The van der Waals surface area contributed by atoms with Crippen LogP contribution in [0.1, 0.15) is 24.2 Å². The number of aromatic nitrogens is 2. The maximum absolute atomic E-state index is 12.7. The van der Waals surface area contributed by atoms with Gasteiger partial charge in [0.15, 0.2) is 4.96 Å². The highest BCUT2D eigenvalue weighted by Crippen LogP contribution is 2.30. The second kappa shape index (κ2) is 7.54. The predicted octanol–water partition coefficient (Wildman–Crippen LogP) is 2.84. The third-order valence-electron chi connectivity index (χ3n) is 4.72. The third kappa shape index (κ3) is 3.61. The van der Waals surface area contributed by atoms with Crippen LogP contribution in [0.15, 0.2) is 39.8 Å². The second-order valence-corrected chi connectivity index (χ2v) is 9.37. The summed E-state index contributed by atoms with van der Waals surface area (Å²) in [5, 5.41) is 17.5. The molecule has 1 saturated heterocycles. The van der Waals surface area contributed by atoms with Gasteiger partial charge in [-0.25, -0.2) is 13.4 Å². The number of nitro groups is 1. The van der Waals surface area contributed by atoms with Gasteiger partial charge in [0.25, 0.3) is 5.69 Å². The van der Waals surface area contributed by atoms with Gasteiger partial charge in [-0.05, 0) is 31.9 Å². The molecule has 10 nitrogen and oxygen atoms in total. The number of thiazole rings is 1. The molecule has 1 fully saturated rings. The van der Waals surface area contributed by atoms with Gasteiger partial charge in [-0.3, -0.25) is 19.9 Å². The second-order valence-electron chi connectivity index (χ2n) is 6.56. The van der Waals surface area contributed by atoms with E-state index >= 15 is 0 Å². The molecule has 0 unspecified atom stereocenters. The van der Waals surface area contributed by atoms with Crippen LogP contribution in [-0.4, -0.2) is 46.3 Å². The fraction of sp³-hybridized carbons (Fsp3) is 0.294. The molecule has 1 aromatic carbocycles. The average molecular weight is 435 g/mol. The predicted molar refractivity (Wildman–Crippen MR) is 110 cm³/mol. The van der Waals surface area contributed by atoms with Crippen molar-refractivity contribution < 1.29 is 13.3 Å². The number of imidazole rings is 1. The topological polar surface area (TPSA) is 122 Å². The van der Waals surface area contributed by atoms with E-state index in [4.69, 9.17) is 0 Å². The lowest BCUT2D eigenvalue weighted by Gasteiger charge is -2.15. The number of nitrogens with zero attached hydrogens (tertiary/aromatic N) is 5. The molecule has 0 amide bonds. The van der Waals surface area contributed by atoms with Crippen molar-refractivity contribution in [3.63, 3.8) is 0 Å². The number of hydrogen-bond acceptors (Lipinski definition) is 8. The summed E-state index contributed by atoms with van der Waals surface area (Å²) in [4.78, 5) is 16.0. The van der Waals surface area contributed by atoms with Crippen molar-refractivity contribution in [3.05, 3.63) is 51.3 Å². The lowest BCUT2D eigenvalue weighted by molar-refractivity contribution is -0.384. The van der Waals surface area contributed by atoms with Crippen LogP contribution < -0.4 is 5.43 Å². The number of hydrogen-bond donors (Lipinski definition) is 1. The minimum atomic E-state index is -3.74. The average Bonchev–Trinajstić information content (AvgIpc) is 3.41. The third-order valence-corrected chi connectivity index (χ3v) is 7.37. The summed E-state index contributed by atoms with van der Waals surface area (Å²) in [6.07, 6.45) is 4.98. The minimum absolute atomic E-state index is 0.0905. The molecule has 152 valence electrons. The molecule has 4 rings (SSSR count). The minimum Gasteiger partial charge on any atom is -0.289 e. The fourth-order valence-electron chi connectivity index (χ4n) is 3.22. The summed E-state index contributed by atoms with van der Waals surface area (Å²) in [5.74, 6) is 0. The van der Waals surface area contributed by atoms with Crippen molar-refractivity contribution >= 4 is 43.9 Å². The number of aryl methyl sites for hydroxylation is 1. The SMILES string of the molecule is Cc1nc2sccn2c1C=NNc1ccc(S(=O)(=O)N2CCCC2)cc1[N+](=O)[O-]. The van der Waals surface area contributed by atoms with E-state index in [-0.39, 0.29) is 16.3 Å². The zero-order valence-corrected chi connectivity index (χ0v) is 17.1. The van der Waals surface area contributed by atoms with Crippen molar-refractivity contribution in [3.8, 4) is 0 Å². The van der Waals surface area contributed by atoms with Gasteiger partial charge in [-0.15, -0.1) is 11.3 Å². The maximum atomic E-state index is 12.7. The molecule has 1 aliphatic rings. The Morgan fingerprint density at radius 2 is 2.10 bits per heavy atom. The van der Waals surface area contributed by atoms with Gasteiger partial charge in [-0.2, -0.15) is 9.41 Å². The Bertz CT molecular complexity index is 1210. The van der Waals surface area contributed by atoms with Crippen LogP contribution in [0.25, 0.3) is 4.96 Å². The van der Waals surface area contributed by atoms with E-state index in [1.807, 2.05) is 22.9 Å². The highest BCUT2D eigenvalue weighted by molar-refractivity contribution is 7.89. The standard InChI is InChI=1S/C17H18N6O4S2/c1-12-16(22-8-9-28-17(22)19-12)11-18-20-14-5-4-13(10-15(14)23(24)25)29(26,27)21-6-2-3-7-21/h4-5,8-11,20H,2-3,6-7H2,1H3. The van der Waals surface area contributed by atoms with E-state index in [2.05, 4.69) is 15.5 Å². The lowest BCUT2D eigenvalue weighted by Crippen LogP contribution is -2.27. The Morgan fingerprint density at radius 3 is 2.83 bits per heavy atom. The van der Waals surface area contributed by atoms with Crippen molar-refractivity contribution in [2.24, 2.45) is 5.10 Å². The van der Waals surface area contributed by atoms with Gasteiger partial charge in [0, 0.05) is 30.7 Å². The molecule has 2 aromatic heterocycles. The van der Waals surface area contributed by atoms with Gasteiger partial charge < -0.3 is 0 Å². The van der Waals surface area contributed by atoms with E-state index in [0.29, 0.717) is 13.1 Å². The molecular formula is C17H18N6O4S2. The Morgan fingerprint density at radius 1 is 1.34 bits per heavy atom. The molecule has 0 saturated carbocycles. The van der Waals surface area contributed by atoms with E-state index in [1.54, 1.807) is 0 Å². The van der Waals surface area contributed by atoms with Crippen molar-refractivity contribution in [1.82, 2.24) is 13.7 Å². The van der Waals surface area contributed by atoms with E-state index in [0.717, 1.165) is 35.3 Å². The molecule has 3 heterocycles. The molecule has 0 radical (unpaired) electrons. The summed E-state index contributed by atoms with van der Waals surface area (Å²) >= 11 is 1.49. The number of anilines is 1. The number of nitrogens with one attached hydrogen (secondary N) is 1. The van der Waals surface area contributed by atoms with Gasteiger partial charge in [0.2, 0.25) is 10.0 Å². The molecule has 0 atom stereocenters. The zero-order valence-electron chi connectivity index (χ0n) is 15.5. The first-order chi connectivity index (χ1) is 13.9. The fourth-order valence-corrected chi connectivity index (χ4v) is 5.53. The number of nitro benzene ring substituents is 1. The Kier molecular flexibility index (Phi) is 5.06. The van der Waals surface area contributed by atoms with Crippen LogP contribution in [0, 0.1) is 17.0 Å². The first kappa shape index (κ1) is 19.5. The maximum Gasteiger partial charge on any atom is 0.295 e. The number of sulfonamides is 1. The van der Waals surface area contributed by atoms with Crippen molar-refractivity contribution in [2.45, 2.75) is 24.7 Å². The summed E-state index contributed by atoms with van der Waals surface area (Å²) in [6, 6.07) is 3.80. The monoisotopic (exact) mass is 434 g/mol. The summed E-state index contributed by atoms with van der Waals surface area (Å²) in [5.41, 5.74) is 3.94. The Balaban J connectivity index is 1.61. The quantitative estimate of drug-likeness (QED) is 0.362. The van der Waals surface area contributed by atoms with Crippen LogP contribution in [0.2, 0.25) is 0 Å². The largest absolute Gasteiger partial charge is 0.295 e. The molecule has 29 heavy (non-hydrogen) atoms. The number of fused-ring (bicyclic) bond motifs is 1. The van der Waals surface area contributed by atoms with Gasteiger partial charge in [-0.1, -0.05) is 0 Å². The first-order valence-corrected chi connectivity index (χ1v) is 11.2. The molecule has 1 aliphatic heterocycles. The van der Waals surface area contributed by atoms with Gasteiger partial charge in [0.1, 0.15) is 5.69 Å². The highest BCUT2D eigenvalue weighted by atomic mass is 32.2. The Hall–Kier alpha value is -2.83. The molecule has 0 spiro atoms. The lowest BCUT2D eigenvalue weighted by atomic mass is 10.3. The van der Waals surface area contributed by atoms with Gasteiger partial charge in [0.05, 0.1) is 27.4 Å². The summed E-state index contributed by atoms with van der Waals surface area (Å²) in [6.45, 7) is 2.71.